The van der Waals surface area contributed by atoms with Gasteiger partial charge >= 0.3 is 0 Å². The van der Waals surface area contributed by atoms with Crippen LogP contribution in [0.15, 0.2) is 48.5 Å². The number of nitrogens with zero attached hydrogens (tertiary/aromatic N) is 2. The predicted molar refractivity (Wildman–Crippen MR) is 105 cm³/mol. The summed E-state index contributed by atoms with van der Waals surface area (Å²) in [7, 11) is 0. The van der Waals surface area contributed by atoms with E-state index in [1.807, 2.05) is 44.2 Å². The van der Waals surface area contributed by atoms with Crippen molar-refractivity contribution in [2.24, 2.45) is 5.92 Å². The number of hydrogen-bond donors (Lipinski definition) is 3. The van der Waals surface area contributed by atoms with Crippen LogP contribution in [0.3, 0.4) is 0 Å². The normalized spacial score (nSPS) is 19.3. The van der Waals surface area contributed by atoms with Crippen LogP contribution in [-0.4, -0.2) is 29.0 Å². The van der Waals surface area contributed by atoms with Crippen LogP contribution in [0.25, 0.3) is 11.0 Å². The molecule has 1 aromatic heterocycles. The second-order valence-electron chi connectivity index (χ2n) is 6.98. The Labute approximate surface area is 158 Å². The number of hydrazine groups is 1. The van der Waals surface area contributed by atoms with Gasteiger partial charge in [0.15, 0.2) is 0 Å². The van der Waals surface area contributed by atoms with E-state index < -0.39 is 0 Å². The molecule has 1 saturated heterocycles. The van der Waals surface area contributed by atoms with Crippen LogP contribution in [0.1, 0.15) is 33.4 Å². The largest absolute Gasteiger partial charge is 0.352 e. The fourth-order valence-corrected chi connectivity index (χ4v) is 3.44. The lowest BCUT2D eigenvalue weighted by Gasteiger charge is -2.19. The number of benzene rings is 2. The lowest BCUT2D eigenvalue weighted by Crippen LogP contribution is -2.32. The summed E-state index contributed by atoms with van der Waals surface area (Å²) in [5.41, 5.74) is 11.7. The molecule has 6 heteroatoms. The van der Waals surface area contributed by atoms with Crippen molar-refractivity contribution in [3.05, 3.63) is 71.0 Å². The van der Waals surface area contributed by atoms with Gasteiger partial charge in [0.1, 0.15) is 0 Å². The molecule has 3 N–H and O–H groups in total. The van der Waals surface area contributed by atoms with Gasteiger partial charge in [-0.2, -0.15) is 0 Å². The summed E-state index contributed by atoms with van der Waals surface area (Å²) in [6, 6.07) is 15.9. The summed E-state index contributed by atoms with van der Waals surface area (Å²) in [5.74, 6) is 0.192. The Balaban J connectivity index is 1.46. The standard InChI is InChI=1S/C21H23N5O/c1-13-14(2)25-19-10-16(8-9-18(19)24-13)21(27)22-11-17-12-23-26-20(17)15-6-4-3-5-7-15/h3-10,17,20,23,26H,11-12H2,1-2H3,(H,22,27). The fraction of sp³-hybridized carbons (Fsp3) is 0.286. The summed E-state index contributed by atoms with van der Waals surface area (Å²) in [6.07, 6.45) is 0. The summed E-state index contributed by atoms with van der Waals surface area (Å²) < 4.78 is 0. The number of aromatic nitrogens is 2. The van der Waals surface area contributed by atoms with Gasteiger partial charge in [-0.25, -0.2) is 15.4 Å². The molecule has 138 valence electrons. The molecule has 1 fully saturated rings. The molecule has 0 radical (unpaired) electrons. The molecule has 2 heterocycles. The maximum atomic E-state index is 12.6. The van der Waals surface area contributed by atoms with E-state index in [1.165, 1.54) is 5.56 Å². The van der Waals surface area contributed by atoms with Crippen molar-refractivity contribution in [2.75, 3.05) is 13.1 Å². The third-order valence-corrected chi connectivity index (χ3v) is 5.11. The molecule has 0 bridgehead atoms. The zero-order valence-corrected chi connectivity index (χ0v) is 15.5. The molecule has 6 nitrogen and oxygen atoms in total. The molecule has 1 aliphatic rings. The lowest BCUT2D eigenvalue weighted by molar-refractivity contribution is 0.0947. The first-order chi connectivity index (χ1) is 13.1. The van der Waals surface area contributed by atoms with Crippen LogP contribution >= 0.6 is 0 Å². The number of carbonyl (C=O) groups excluding carboxylic acids is 1. The minimum Gasteiger partial charge on any atom is -0.352 e. The number of rotatable bonds is 4. The Kier molecular flexibility index (Phi) is 4.83. The molecule has 0 aliphatic carbocycles. The van der Waals surface area contributed by atoms with E-state index in [2.05, 4.69) is 38.3 Å². The molecule has 1 aliphatic heterocycles. The first kappa shape index (κ1) is 17.6. The molecule has 0 spiro atoms. The van der Waals surface area contributed by atoms with Crippen LogP contribution in [-0.2, 0) is 0 Å². The van der Waals surface area contributed by atoms with E-state index >= 15 is 0 Å². The average Bonchev–Trinajstić information content (AvgIpc) is 3.16. The number of fused-ring (bicyclic) bond motifs is 1. The molecule has 0 saturated carbocycles. The third-order valence-electron chi connectivity index (χ3n) is 5.11. The smallest absolute Gasteiger partial charge is 0.251 e. The highest BCUT2D eigenvalue weighted by Gasteiger charge is 2.28. The number of aryl methyl sites for hydroxylation is 2. The van der Waals surface area contributed by atoms with Crippen LogP contribution in [0.2, 0.25) is 0 Å². The summed E-state index contributed by atoms with van der Waals surface area (Å²) in [5, 5.41) is 3.06. The molecular formula is C21H23N5O. The van der Waals surface area contributed by atoms with Gasteiger partial charge in [-0.15, -0.1) is 0 Å². The first-order valence-electron chi connectivity index (χ1n) is 9.18. The monoisotopic (exact) mass is 361 g/mol. The van der Waals surface area contributed by atoms with Gasteiger partial charge in [-0.05, 0) is 37.6 Å². The molecule has 4 rings (SSSR count). The maximum absolute atomic E-state index is 12.6. The Morgan fingerprint density at radius 2 is 1.81 bits per heavy atom. The first-order valence-corrected chi connectivity index (χ1v) is 9.18. The zero-order valence-electron chi connectivity index (χ0n) is 15.5. The fourth-order valence-electron chi connectivity index (χ4n) is 3.44. The number of carbonyl (C=O) groups is 1. The van der Waals surface area contributed by atoms with Crippen LogP contribution < -0.4 is 16.2 Å². The number of nitrogens with one attached hydrogen (secondary N) is 3. The van der Waals surface area contributed by atoms with Crippen molar-refractivity contribution in [1.82, 2.24) is 26.1 Å². The molecule has 2 atom stereocenters. The Morgan fingerprint density at radius 3 is 2.59 bits per heavy atom. The lowest BCUT2D eigenvalue weighted by atomic mass is 9.95. The van der Waals surface area contributed by atoms with Gasteiger partial charge in [0, 0.05) is 24.6 Å². The van der Waals surface area contributed by atoms with Gasteiger partial charge in [-0.1, -0.05) is 30.3 Å². The van der Waals surface area contributed by atoms with E-state index in [9.17, 15) is 4.79 Å². The predicted octanol–water partition coefficient (Wildman–Crippen LogP) is 2.44. The Bertz CT molecular complexity index is 973. The Morgan fingerprint density at radius 1 is 1.07 bits per heavy atom. The van der Waals surface area contributed by atoms with Crippen molar-refractivity contribution in [3.63, 3.8) is 0 Å². The maximum Gasteiger partial charge on any atom is 0.251 e. The van der Waals surface area contributed by atoms with Crippen molar-refractivity contribution >= 4 is 16.9 Å². The SMILES string of the molecule is Cc1nc2ccc(C(=O)NCC3CNNC3c3ccccc3)cc2nc1C. The third kappa shape index (κ3) is 3.67. The highest BCUT2D eigenvalue weighted by molar-refractivity contribution is 5.97. The van der Waals surface area contributed by atoms with Crippen molar-refractivity contribution in [2.45, 2.75) is 19.9 Å². The van der Waals surface area contributed by atoms with E-state index in [1.54, 1.807) is 6.07 Å². The van der Waals surface area contributed by atoms with Crippen molar-refractivity contribution in [1.29, 1.82) is 0 Å². The van der Waals surface area contributed by atoms with E-state index in [0.29, 0.717) is 12.1 Å². The van der Waals surface area contributed by atoms with Gasteiger partial charge in [0.2, 0.25) is 0 Å². The second-order valence-corrected chi connectivity index (χ2v) is 6.98. The Hall–Kier alpha value is -2.83. The zero-order chi connectivity index (χ0) is 18.8. The summed E-state index contributed by atoms with van der Waals surface area (Å²) in [6.45, 7) is 5.27. The number of hydrogen-bond acceptors (Lipinski definition) is 5. The highest BCUT2D eigenvalue weighted by Crippen LogP contribution is 2.24. The molecule has 2 unspecified atom stereocenters. The molecule has 3 aromatic rings. The van der Waals surface area contributed by atoms with E-state index in [4.69, 9.17) is 0 Å². The van der Waals surface area contributed by atoms with Crippen molar-refractivity contribution in [3.8, 4) is 0 Å². The van der Waals surface area contributed by atoms with Crippen LogP contribution in [0.4, 0.5) is 0 Å². The van der Waals surface area contributed by atoms with Gasteiger partial charge < -0.3 is 5.32 Å². The molecule has 27 heavy (non-hydrogen) atoms. The van der Waals surface area contributed by atoms with Gasteiger partial charge in [0.25, 0.3) is 5.91 Å². The van der Waals surface area contributed by atoms with Crippen molar-refractivity contribution < 1.29 is 4.79 Å². The minimum atomic E-state index is -0.0874. The van der Waals surface area contributed by atoms with Crippen LogP contribution in [0.5, 0.6) is 0 Å². The number of amides is 1. The van der Waals surface area contributed by atoms with E-state index in [-0.39, 0.29) is 17.9 Å². The average molecular weight is 361 g/mol. The quantitative estimate of drug-likeness (QED) is 0.665. The van der Waals surface area contributed by atoms with Crippen LogP contribution in [0, 0.1) is 19.8 Å². The molecular weight excluding hydrogens is 338 g/mol. The highest BCUT2D eigenvalue weighted by atomic mass is 16.1. The van der Waals surface area contributed by atoms with Gasteiger partial charge in [-0.3, -0.25) is 10.2 Å². The second kappa shape index (κ2) is 7.42. The summed E-state index contributed by atoms with van der Waals surface area (Å²) in [4.78, 5) is 21.7. The molecule has 2 aromatic carbocycles. The topological polar surface area (TPSA) is 78.9 Å². The minimum absolute atomic E-state index is 0.0874. The summed E-state index contributed by atoms with van der Waals surface area (Å²) >= 11 is 0. The van der Waals surface area contributed by atoms with E-state index in [0.717, 1.165) is 29.0 Å². The molecule has 1 amide bonds. The van der Waals surface area contributed by atoms with Gasteiger partial charge in [0.05, 0.1) is 28.5 Å².